The molecule has 0 unspecified atom stereocenters. The largest absolute Gasteiger partial charge is 0.445 e. The Labute approximate surface area is 144 Å². The van der Waals surface area contributed by atoms with E-state index in [1.54, 1.807) is 0 Å². The minimum absolute atomic E-state index is 0.111. The Hall–Kier alpha value is -1.80. The molecule has 0 heterocycles. The lowest BCUT2D eigenvalue weighted by molar-refractivity contribution is -0.166. The Morgan fingerprint density at radius 3 is 2.32 bits per heavy atom. The zero-order valence-corrected chi connectivity index (χ0v) is 13.8. The van der Waals surface area contributed by atoms with Crippen molar-refractivity contribution in [3.63, 3.8) is 0 Å². The highest BCUT2D eigenvalue weighted by Crippen LogP contribution is 2.24. The molecule has 2 rings (SSSR count). The molecule has 0 bridgehead atoms. The van der Waals surface area contributed by atoms with Crippen LogP contribution >= 0.6 is 0 Å². The van der Waals surface area contributed by atoms with Crippen molar-refractivity contribution < 1.29 is 27.8 Å². The lowest BCUT2D eigenvalue weighted by Crippen LogP contribution is -2.51. The second kappa shape index (κ2) is 9.05. The molecule has 8 heteroatoms. The summed E-state index contributed by atoms with van der Waals surface area (Å²) in [5.41, 5.74) is 0.882. The first-order chi connectivity index (χ1) is 11.9. The van der Waals surface area contributed by atoms with Crippen molar-refractivity contribution in [2.45, 2.75) is 56.6 Å². The van der Waals surface area contributed by atoms with E-state index in [-0.39, 0.29) is 18.7 Å². The molecule has 1 aromatic carbocycles. The fourth-order valence-electron chi connectivity index (χ4n) is 2.87. The molecule has 0 aliphatic heterocycles. The molecule has 1 amide bonds. The summed E-state index contributed by atoms with van der Waals surface area (Å²) in [4.78, 5) is 11.8. The van der Waals surface area contributed by atoms with Crippen molar-refractivity contribution in [1.82, 2.24) is 10.6 Å². The van der Waals surface area contributed by atoms with Crippen LogP contribution in [0.4, 0.5) is 18.0 Å². The summed E-state index contributed by atoms with van der Waals surface area (Å²) in [5, 5.41) is 14.1. The zero-order chi connectivity index (χ0) is 18.3. The molecule has 3 N–H and O–H groups in total. The van der Waals surface area contributed by atoms with Crippen LogP contribution in [0.5, 0.6) is 0 Å². The van der Waals surface area contributed by atoms with Gasteiger partial charge >= 0.3 is 12.3 Å². The van der Waals surface area contributed by atoms with Crippen LogP contribution in [0, 0.1) is 0 Å². The van der Waals surface area contributed by atoms with Crippen molar-refractivity contribution in [3.05, 3.63) is 35.9 Å². The van der Waals surface area contributed by atoms with Crippen LogP contribution in [0.15, 0.2) is 30.3 Å². The van der Waals surface area contributed by atoms with Gasteiger partial charge in [0.2, 0.25) is 0 Å². The number of aliphatic hydroxyl groups excluding tert-OH is 1. The highest BCUT2D eigenvalue weighted by Gasteiger charge is 2.40. The summed E-state index contributed by atoms with van der Waals surface area (Å²) >= 11 is 0. The maximum Gasteiger partial charge on any atom is 0.407 e. The SMILES string of the molecule is O=C(N[C@H]1CC[C@H](N[C@@H](CO)C(F)(F)F)CC1)OCc1ccccc1. The smallest absolute Gasteiger partial charge is 0.407 e. The number of halogens is 3. The number of benzene rings is 1. The van der Waals surface area contributed by atoms with Gasteiger partial charge in [0.05, 0.1) is 6.61 Å². The molecule has 25 heavy (non-hydrogen) atoms. The van der Waals surface area contributed by atoms with Crippen LogP contribution < -0.4 is 10.6 Å². The van der Waals surface area contributed by atoms with E-state index in [2.05, 4.69) is 10.6 Å². The molecule has 1 fully saturated rings. The molecule has 0 saturated heterocycles. The normalized spacial score (nSPS) is 22.2. The van der Waals surface area contributed by atoms with Crippen LogP contribution in [0.3, 0.4) is 0 Å². The summed E-state index contributed by atoms with van der Waals surface area (Å²) in [6.45, 7) is -0.805. The molecule has 0 aromatic heterocycles. The monoisotopic (exact) mass is 360 g/mol. The Morgan fingerprint density at radius 2 is 1.76 bits per heavy atom. The molecular weight excluding hydrogens is 337 g/mol. The van der Waals surface area contributed by atoms with Crippen LogP contribution in [-0.2, 0) is 11.3 Å². The Morgan fingerprint density at radius 1 is 1.16 bits per heavy atom. The molecule has 0 radical (unpaired) electrons. The average Bonchev–Trinajstić information content (AvgIpc) is 2.59. The lowest BCUT2D eigenvalue weighted by Gasteiger charge is -2.32. The number of hydrogen-bond donors (Lipinski definition) is 3. The Kier molecular flexibility index (Phi) is 7.07. The predicted octanol–water partition coefficient (Wildman–Crippen LogP) is 2.74. The van der Waals surface area contributed by atoms with Crippen LogP contribution in [0.25, 0.3) is 0 Å². The standard InChI is InChI=1S/C17H23F3N2O3/c18-17(19,20)15(10-23)21-13-6-8-14(9-7-13)22-16(24)25-11-12-4-2-1-3-5-12/h1-5,13-15,21,23H,6-11H2,(H,22,24)/t13-,14-,15-/m0/s1. The Bertz CT molecular complexity index is 532. The average molecular weight is 360 g/mol. The summed E-state index contributed by atoms with van der Waals surface area (Å²) in [5.74, 6) is 0. The van der Waals surface area contributed by atoms with E-state index in [4.69, 9.17) is 9.84 Å². The summed E-state index contributed by atoms with van der Waals surface area (Å²) in [7, 11) is 0. The number of amides is 1. The van der Waals surface area contributed by atoms with E-state index in [1.165, 1.54) is 0 Å². The minimum Gasteiger partial charge on any atom is -0.445 e. The maximum atomic E-state index is 12.7. The van der Waals surface area contributed by atoms with E-state index in [1.807, 2.05) is 30.3 Å². The van der Waals surface area contributed by atoms with Gasteiger partial charge in [0.25, 0.3) is 0 Å². The third kappa shape index (κ3) is 6.55. The quantitative estimate of drug-likeness (QED) is 0.730. The van der Waals surface area contributed by atoms with Crippen LogP contribution in [-0.4, -0.2) is 42.1 Å². The summed E-state index contributed by atoms with van der Waals surface area (Å²) in [6, 6.07) is 6.94. The van der Waals surface area contributed by atoms with Crippen molar-refractivity contribution >= 4 is 6.09 Å². The summed E-state index contributed by atoms with van der Waals surface area (Å²) in [6.07, 6.45) is -2.87. The molecule has 1 aromatic rings. The van der Waals surface area contributed by atoms with Crippen molar-refractivity contribution in [2.24, 2.45) is 0 Å². The van der Waals surface area contributed by atoms with Crippen molar-refractivity contribution in [1.29, 1.82) is 0 Å². The summed E-state index contributed by atoms with van der Waals surface area (Å²) < 4.78 is 43.1. The lowest BCUT2D eigenvalue weighted by atomic mass is 9.91. The molecule has 140 valence electrons. The first-order valence-electron chi connectivity index (χ1n) is 8.29. The van der Waals surface area contributed by atoms with E-state index < -0.39 is 24.9 Å². The van der Waals surface area contributed by atoms with E-state index in [0.717, 1.165) is 5.56 Å². The highest BCUT2D eigenvalue weighted by molar-refractivity contribution is 5.67. The second-order valence-corrected chi connectivity index (χ2v) is 6.20. The first-order valence-corrected chi connectivity index (χ1v) is 8.29. The first kappa shape index (κ1) is 19.5. The number of carbonyl (C=O) groups is 1. The third-order valence-corrected chi connectivity index (χ3v) is 4.28. The van der Waals surface area contributed by atoms with Gasteiger partial charge in [0.1, 0.15) is 12.6 Å². The fraction of sp³-hybridized carbons (Fsp3) is 0.588. The van der Waals surface area contributed by atoms with Gasteiger partial charge in [-0.05, 0) is 31.2 Å². The van der Waals surface area contributed by atoms with Gasteiger partial charge in [-0.25, -0.2) is 4.79 Å². The fourth-order valence-corrected chi connectivity index (χ4v) is 2.87. The van der Waals surface area contributed by atoms with Crippen molar-refractivity contribution in [3.8, 4) is 0 Å². The number of nitrogens with one attached hydrogen (secondary N) is 2. The van der Waals surface area contributed by atoms with E-state index >= 15 is 0 Å². The van der Waals surface area contributed by atoms with Crippen LogP contribution in [0.2, 0.25) is 0 Å². The third-order valence-electron chi connectivity index (χ3n) is 4.28. The van der Waals surface area contributed by atoms with Gasteiger partial charge in [0, 0.05) is 12.1 Å². The molecule has 0 spiro atoms. The minimum atomic E-state index is -4.47. The number of hydrogen-bond acceptors (Lipinski definition) is 4. The molecular formula is C17H23F3N2O3. The van der Waals surface area contributed by atoms with Gasteiger partial charge < -0.3 is 20.5 Å². The van der Waals surface area contributed by atoms with Crippen molar-refractivity contribution in [2.75, 3.05) is 6.61 Å². The van der Waals surface area contributed by atoms with Gasteiger partial charge in [0.15, 0.2) is 0 Å². The zero-order valence-electron chi connectivity index (χ0n) is 13.8. The topological polar surface area (TPSA) is 70.6 Å². The number of rotatable bonds is 6. The van der Waals surface area contributed by atoms with Gasteiger partial charge in [-0.15, -0.1) is 0 Å². The van der Waals surface area contributed by atoms with E-state index in [9.17, 15) is 18.0 Å². The van der Waals surface area contributed by atoms with E-state index in [0.29, 0.717) is 25.7 Å². The highest BCUT2D eigenvalue weighted by atomic mass is 19.4. The molecule has 1 aliphatic carbocycles. The number of carbonyl (C=O) groups excluding carboxylic acids is 1. The maximum absolute atomic E-state index is 12.7. The van der Waals surface area contributed by atoms with Gasteiger partial charge in [-0.1, -0.05) is 30.3 Å². The van der Waals surface area contributed by atoms with Crippen LogP contribution in [0.1, 0.15) is 31.2 Å². The number of aliphatic hydroxyl groups is 1. The molecule has 5 nitrogen and oxygen atoms in total. The second-order valence-electron chi connectivity index (χ2n) is 6.20. The van der Waals surface area contributed by atoms with Gasteiger partial charge in [-0.3, -0.25) is 0 Å². The molecule has 1 atom stereocenters. The molecule has 1 saturated carbocycles. The predicted molar refractivity (Wildman–Crippen MR) is 85.9 cm³/mol. The Balaban J connectivity index is 1.68. The number of alkyl carbamates (subject to hydrolysis) is 1. The van der Waals surface area contributed by atoms with Gasteiger partial charge in [-0.2, -0.15) is 13.2 Å². The number of ether oxygens (including phenoxy) is 1. The number of alkyl halides is 3. The molecule has 1 aliphatic rings.